The van der Waals surface area contributed by atoms with Gasteiger partial charge in [0.2, 0.25) is 0 Å². The molecule has 0 aliphatic rings. The van der Waals surface area contributed by atoms with Crippen LogP contribution in [0.3, 0.4) is 0 Å². The highest BCUT2D eigenvalue weighted by Crippen LogP contribution is 2.20. The zero-order valence-corrected chi connectivity index (χ0v) is 14.1. The zero-order chi connectivity index (χ0) is 15.8. The molecule has 3 nitrogen and oxygen atoms in total. The fourth-order valence-corrected chi connectivity index (χ4v) is 2.73. The van der Waals surface area contributed by atoms with Crippen LogP contribution in [-0.4, -0.2) is 22.9 Å². The van der Waals surface area contributed by atoms with Gasteiger partial charge in [-0.2, -0.15) is 0 Å². The molecular weight excluding hydrogens is 321 g/mol. The largest absolute Gasteiger partial charge is 0.494 e. The molecule has 0 bridgehead atoms. The molecule has 22 heavy (non-hydrogen) atoms. The van der Waals surface area contributed by atoms with E-state index >= 15 is 0 Å². The van der Waals surface area contributed by atoms with Crippen molar-refractivity contribution in [2.45, 2.75) is 32.2 Å². The minimum Gasteiger partial charge on any atom is -0.494 e. The standard InChI is InChI=1S/C17H21Cl2NO2/c18-9-1-3-11-20-16-7-6-15(22-12-4-2-10-19)13-14(16)5-8-17(20)21/h5-8,13H,1-4,9-12H2. The van der Waals surface area contributed by atoms with E-state index in [4.69, 9.17) is 27.9 Å². The molecule has 0 N–H and O–H groups in total. The first-order valence-corrected chi connectivity index (χ1v) is 8.71. The van der Waals surface area contributed by atoms with Crippen molar-refractivity contribution in [2.75, 3.05) is 18.4 Å². The number of hydrogen-bond donors (Lipinski definition) is 0. The highest BCUT2D eigenvalue weighted by atomic mass is 35.5. The number of aromatic nitrogens is 1. The van der Waals surface area contributed by atoms with Crippen LogP contribution in [0.25, 0.3) is 10.9 Å². The molecule has 0 aliphatic carbocycles. The van der Waals surface area contributed by atoms with E-state index in [-0.39, 0.29) is 5.56 Å². The van der Waals surface area contributed by atoms with Gasteiger partial charge in [0.15, 0.2) is 0 Å². The highest BCUT2D eigenvalue weighted by molar-refractivity contribution is 6.18. The van der Waals surface area contributed by atoms with Crippen LogP contribution in [0.2, 0.25) is 0 Å². The molecule has 1 aromatic heterocycles. The molecule has 0 amide bonds. The maximum Gasteiger partial charge on any atom is 0.251 e. The number of pyridine rings is 1. The van der Waals surface area contributed by atoms with Crippen molar-refractivity contribution >= 4 is 34.1 Å². The van der Waals surface area contributed by atoms with Gasteiger partial charge >= 0.3 is 0 Å². The van der Waals surface area contributed by atoms with Crippen molar-refractivity contribution in [3.05, 3.63) is 40.7 Å². The lowest BCUT2D eigenvalue weighted by Gasteiger charge is -2.11. The number of rotatable bonds is 9. The van der Waals surface area contributed by atoms with Crippen LogP contribution in [-0.2, 0) is 6.54 Å². The minimum atomic E-state index is 0.0258. The van der Waals surface area contributed by atoms with Gasteiger partial charge in [0.25, 0.3) is 5.56 Å². The highest BCUT2D eigenvalue weighted by Gasteiger charge is 2.04. The molecule has 0 aliphatic heterocycles. The summed E-state index contributed by atoms with van der Waals surface area (Å²) in [4.78, 5) is 12.0. The van der Waals surface area contributed by atoms with Crippen LogP contribution in [0.4, 0.5) is 0 Å². The molecular formula is C17H21Cl2NO2. The Bertz CT molecular complexity index is 655. The predicted molar refractivity (Wildman–Crippen MR) is 93.6 cm³/mol. The maximum absolute atomic E-state index is 12.0. The second kappa shape index (κ2) is 9.06. The smallest absolute Gasteiger partial charge is 0.251 e. The molecule has 1 aromatic carbocycles. The molecule has 0 atom stereocenters. The zero-order valence-electron chi connectivity index (χ0n) is 12.6. The van der Waals surface area contributed by atoms with Crippen molar-refractivity contribution < 1.29 is 4.74 Å². The van der Waals surface area contributed by atoms with Crippen molar-refractivity contribution in [1.82, 2.24) is 4.57 Å². The molecule has 5 heteroatoms. The Kier molecular flexibility index (Phi) is 7.07. The lowest BCUT2D eigenvalue weighted by molar-refractivity contribution is 0.310. The number of hydrogen-bond acceptors (Lipinski definition) is 2. The number of halogens is 2. The molecule has 0 unspecified atom stereocenters. The average Bonchev–Trinajstić information content (AvgIpc) is 2.54. The summed E-state index contributed by atoms with van der Waals surface area (Å²) in [5, 5.41) is 1.01. The maximum atomic E-state index is 12.0. The Morgan fingerprint density at radius 3 is 2.50 bits per heavy atom. The first-order valence-electron chi connectivity index (χ1n) is 7.64. The number of unbranched alkanes of at least 4 members (excludes halogenated alkanes) is 2. The molecule has 0 radical (unpaired) electrons. The van der Waals surface area contributed by atoms with E-state index < -0.39 is 0 Å². The van der Waals surface area contributed by atoms with E-state index in [1.54, 1.807) is 10.6 Å². The van der Waals surface area contributed by atoms with Gasteiger partial charge in [-0.25, -0.2) is 0 Å². The number of alkyl halides is 2. The molecule has 2 rings (SSSR count). The Labute approximate surface area is 140 Å². The summed E-state index contributed by atoms with van der Waals surface area (Å²) in [6.45, 7) is 1.35. The summed E-state index contributed by atoms with van der Waals surface area (Å²) in [6, 6.07) is 9.31. The lowest BCUT2D eigenvalue weighted by Crippen LogP contribution is -2.19. The Morgan fingerprint density at radius 2 is 1.73 bits per heavy atom. The van der Waals surface area contributed by atoms with Gasteiger partial charge in [0.1, 0.15) is 5.75 Å². The first kappa shape index (κ1) is 17.2. The summed E-state index contributed by atoms with van der Waals surface area (Å²) >= 11 is 11.4. The van der Waals surface area contributed by atoms with Crippen LogP contribution < -0.4 is 10.3 Å². The van der Waals surface area contributed by atoms with Crippen LogP contribution in [0.15, 0.2) is 35.1 Å². The van der Waals surface area contributed by atoms with Crippen LogP contribution in [0.1, 0.15) is 25.7 Å². The quantitative estimate of drug-likeness (QED) is 0.499. The topological polar surface area (TPSA) is 31.2 Å². The molecule has 0 spiro atoms. The third-order valence-electron chi connectivity index (χ3n) is 3.52. The number of fused-ring (bicyclic) bond motifs is 1. The number of aryl methyl sites for hydroxylation is 1. The summed E-state index contributed by atoms with van der Waals surface area (Å²) < 4.78 is 7.53. The van der Waals surface area contributed by atoms with Crippen LogP contribution >= 0.6 is 23.2 Å². The van der Waals surface area contributed by atoms with Gasteiger partial charge in [0.05, 0.1) is 12.1 Å². The third-order valence-corrected chi connectivity index (χ3v) is 4.06. The van der Waals surface area contributed by atoms with Crippen molar-refractivity contribution in [1.29, 1.82) is 0 Å². The molecule has 0 saturated heterocycles. The summed E-state index contributed by atoms with van der Waals surface area (Å²) in [6.07, 6.45) is 3.71. The van der Waals surface area contributed by atoms with Gasteiger partial charge in [0, 0.05) is 29.8 Å². The first-order chi connectivity index (χ1) is 10.8. The SMILES string of the molecule is O=c1ccc2cc(OCCCCCl)ccc2n1CCCCCl. The van der Waals surface area contributed by atoms with Crippen molar-refractivity contribution in [3.63, 3.8) is 0 Å². The van der Waals surface area contributed by atoms with E-state index in [9.17, 15) is 4.79 Å². The number of nitrogens with zero attached hydrogens (tertiary/aromatic N) is 1. The van der Waals surface area contributed by atoms with E-state index in [0.717, 1.165) is 42.3 Å². The molecule has 0 saturated carbocycles. The van der Waals surface area contributed by atoms with Crippen LogP contribution in [0.5, 0.6) is 5.75 Å². The fourth-order valence-electron chi connectivity index (χ4n) is 2.35. The van der Waals surface area contributed by atoms with Gasteiger partial charge in [-0.05, 0) is 49.9 Å². The molecule has 2 aromatic rings. The Balaban J connectivity index is 2.16. The molecule has 0 fully saturated rings. The van der Waals surface area contributed by atoms with Crippen LogP contribution in [0, 0.1) is 0 Å². The monoisotopic (exact) mass is 341 g/mol. The average molecular weight is 342 g/mol. The number of ether oxygens (including phenoxy) is 1. The Morgan fingerprint density at radius 1 is 0.955 bits per heavy atom. The molecule has 120 valence electrons. The van der Waals surface area contributed by atoms with E-state index in [1.165, 1.54) is 0 Å². The van der Waals surface area contributed by atoms with E-state index in [1.807, 2.05) is 24.3 Å². The summed E-state index contributed by atoms with van der Waals surface area (Å²) in [5.41, 5.74) is 0.966. The number of benzene rings is 1. The second-order valence-corrected chi connectivity index (χ2v) is 5.94. The third kappa shape index (κ3) is 4.65. The van der Waals surface area contributed by atoms with E-state index in [2.05, 4.69) is 0 Å². The minimum absolute atomic E-state index is 0.0258. The second-order valence-electron chi connectivity index (χ2n) is 5.18. The van der Waals surface area contributed by atoms with Gasteiger partial charge in [-0.1, -0.05) is 0 Å². The predicted octanol–water partition coefficient (Wildman–Crippen LogP) is 4.42. The fraction of sp³-hybridized carbons (Fsp3) is 0.471. The van der Waals surface area contributed by atoms with E-state index in [0.29, 0.717) is 24.9 Å². The van der Waals surface area contributed by atoms with Crippen molar-refractivity contribution in [3.8, 4) is 5.75 Å². The lowest BCUT2D eigenvalue weighted by atomic mass is 10.2. The Hall–Kier alpha value is -1.19. The van der Waals surface area contributed by atoms with Gasteiger partial charge < -0.3 is 9.30 Å². The van der Waals surface area contributed by atoms with Crippen molar-refractivity contribution in [2.24, 2.45) is 0 Å². The summed E-state index contributed by atoms with van der Waals surface area (Å²) in [7, 11) is 0. The summed E-state index contributed by atoms with van der Waals surface area (Å²) in [5.74, 6) is 2.11. The molecule has 1 heterocycles. The van der Waals surface area contributed by atoms with Gasteiger partial charge in [-0.3, -0.25) is 4.79 Å². The van der Waals surface area contributed by atoms with Gasteiger partial charge in [-0.15, -0.1) is 23.2 Å². The normalized spacial score (nSPS) is 11.0.